The fourth-order valence-electron chi connectivity index (χ4n) is 6.08. The maximum Gasteiger partial charge on any atom is 0.338 e. The maximum absolute atomic E-state index is 13.2. The summed E-state index contributed by atoms with van der Waals surface area (Å²) in [6.07, 6.45) is 5.44. The molecule has 0 unspecified atom stereocenters. The quantitative estimate of drug-likeness (QED) is 0.421. The summed E-state index contributed by atoms with van der Waals surface area (Å²) in [4.78, 5) is 52.2. The Bertz CT molecular complexity index is 1200. The zero-order valence-corrected chi connectivity index (χ0v) is 18.6. The highest BCUT2D eigenvalue weighted by Gasteiger charge is 2.67. The van der Waals surface area contributed by atoms with Gasteiger partial charge in [0, 0.05) is 11.3 Å². The van der Waals surface area contributed by atoms with Gasteiger partial charge in [0.25, 0.3) is 5.91 Å². The largest absolute Gasteiger partial charge is 0.462 e. The first-order valence-electron chi connectivity index (χ1n) is 11.7. The van der Waals surface area contributed by atoms with Crippen molar-refractivity contribution in [1.82, 2.24) is 0 Å². The van der Waals surface area contributed by atoms with E-state index in [4.69, 9.17) is 4.74 Å². The summed E-state index contributed by atoms with van der Waals surface area (Å²) >= 11 is 0. The molecule has 1 N–H and O–H groups in total. The first-order valence-corrected chi connectivity index (χ1v) is 11.7. The number of hydrogen-bond donors (Lipinski definition) is 1. The smallest absolute Gasteiger partial charge is 0.338 e. The van der Waals surface area contributed by atoms with Crippen molar-refractivity contribution >= 4 is 35.1 Å². The van der Waals surface area contributed by atoms with Gasteiger partial charge in [0.05, 0.1) is 29.7 Å². The molecule has 2 bridgehead atoms. The van der Waals surface area contributed by atoms with Crippen molar-refractivity contribution in [1.29, 1.82) is 0 Å². The highest BCUT2D eigenvalue weighted by Crippen LogP contribution is 2.65. The van der Waals surface area contributed by atoms with E-state index in [2.05, 4.69) is 17.5 Å². The number of anilines is 2. The number of hydrogen-bond acceptors (Lipinski definition) is 5. The number of nitrogens with zero attached hydrogens (tertiary/aromatic N) is 1. The molecule has 172 valence electrons. The predicted molar refractivity (Wildman–Crippen MR) is 124 cm³/mol. The average molecular weight is 456 g/mol. The number of benzene rings is 2. The topological polar surface area (TPSA) is 92.8 Å². The lowest BCUT2D eigenvalue weighted by Crippen LogP contribution is -2.40. The second-order valence-corrected chi connectivity index (χ2v) is 9.47. The zero-order valence-electron chi connectivity index (χ0n) is 18.6. The van der Waals surface area contributed by atoms with Crippen LogP contribution in [-0.2, 0) is 14.3 Å². The Morgan fingerprint density at radius 1 is 0.882 bits per heavy atom. The van der Waals surface area contributed by atoms with Crippen LogP contribution in [-0.4, -0.2) is 30.3 Å². The number of esters is 1. The molecule has 7 nitrogen and oxygen atoms in total. The minimum atomic E-state index is -0.414. The molecule has 3 fully saturated rings. The van der Waals surface area contributed by atoms with Gasteiger partial charge in [-0.3, -0.25) is 19.3 Å². The normalized spacial score (nSPS) is 30.1. The third-order valence-corrected chi connectivity index (χ3v) is 7.70. The SMILES string of the molecule is CCOC(=O)c1ccc(NC(=O)c2ccc(N3C(=O)[C@@H]4[C@H]5C=C[C@@H]([C@@H]6C[C@@H]56)[C@H]4C3=O)cc2)cc1. The Labute approximate surface area is 196 Å². The van der Waals surface area contributed by atoms with Crippen molar-refractivity contribution in [2.24, 2.45) is 35.5 Å². The van der Waals surface area contributed by atoms with Crippen molar-refractivity contribution in [3.05, 3.63) is 71.8 Å². The maximum atomic E-state index is 13.2. The summed E-state index contributed by atoms with van der Waals surface area (Å²) in [5.41, 5.74) is 1.86. The van der Waals surface area contributed by atoms with Gasteiger partial charge in [-0.25, -0.2) is 4.79 Å². The van der Waals surface area contributed by atoms with Gasteiger partial charge in [0.1, 0.15) is 0 Å². The second kappa shape index (κ2) is 7.65. The van der Waals surface area contributed by atoms with E-state index >= 15 is 0 Å². The van der Waals surface area contributed by atoms with Gasteiger partial charge in [0.15, 0.2) is 0 Å². The number of imide groups is 1. The molecule has 5 aliphatic rings. The van der Waals surface area contributed by atoms with E-state index < -0.39 is 5.97 Å². The molecule has 3 amide bonds. The summed E-state index contributed by atoms with van der Waals surface area (Å²) in [7, 11) is 0. The van der Waals surface area contributed by atoms with Crippen molar-refractivity contribution in [2.75, 3.05) is 16.8 Å². The van der Waals surface area contributed by atoms with Crippen molar-refractivity contribution in [3.63, 3.8) is 0 Å². The van der Waals surface area contributed by atoms with Gasteiger partial charge >= 0.3 is 5.97 Å². The number of nitrogens with one attached hydrogen (secondary N) is 1. The third kappa shape index (κ3) is 3.10. The molecule has 1 saturated heterocycles. The molecule has 7 heteroatoms. The fraction of sp³-hybridized carbons (Fsp3) is 0.333. The highest BCUT2D eigenvalue weighted by molar-refractivity contribution is 6.22. The lowest BCUT2D eigenvalue weighted by molar-refractivity contribution is -0.124. The molecule has 0 aromatic heterocycles. The third-order valence-electron chi connectivity index (χ3n) is 7.70. The van der Waals surface area contributed by atoms with E-state index in [0.29, 0.717) is 40.9 Å². The summed E-state index contributed by atoms with van der Waals surface area (Å²) in [5.74, 6) is 0.0307. The Hall–Kier alpha value is -3.74. The summed E-state index contributed by atoms with van der Waals surface area (Å²) in [6.45, 7) is 2.03. The molecule has 0 radical (unpaired) electrons. The molecule has 2 aromatic carbocycles. The minimum Gasteiger partial charge on any atom is -0.462 e. The van der Waals surface area contributed by atoms with Crippen LogP contribution in [0.1, 0.15) is 34.1 Å². The molecular formula is C27H24N2O5. The van der Waals surface area contributed by atoms with E-state index in [1.807, 2.05) is 0 Å². The van der Waals surface area contributed by atoms with Gasteiger partial charge in [-0.15, -0.1) is 0 Å². The summed E-state index contributed by atoms with van der Waals surface area (Å²) in [6, 6.07) is 13.0. The number of rotatable bonds is 5. The molecule has 2 aromatic rings. The first kappa shape index (κ1) is 20.8. The van der Waals surface area contributed by atoms with Crippen LogP contribution in [0.15, 0.2) is 60.7 Å². The van der Waals surface area contributed by atoms with Crippen LogP contribution < -0.4 is 10.2 Å². The lowest BCUT2D eigenvalue weighted by atomic mass is 9.63. The number of amides is 3. The van der Waals surface area contributed by atoms with E-state index in [0.717, 1.165) is 6.42 Å². The van der Waals surface area contributed by atoms with E-state index in [1.54, 1.807) is 55.5 Å². The number of ether oxygens (including phenoxy) is 1. The number of carbonyl (C=O) groups excluding carboxylic acids is 4. The number of allylic oxidation sites excluding steroid dienone is 2. The molecule has 2 saturated carbocycles. The molecule has 7 rings (SSSR count). The van der Waals surface area contributed by atoms with E-state index in [1.165, 1.54) is 4.90 Å². The van der Waals surface area contributed by atoms with Gasteiger partial charge in [-0.1, -0.05) is 12.2 Å². The van der Waals surface area contributed by atoms with Crippen molar-refractivity contribution < 1.29 is 23.9 Å². The predicted octanol–water partition coefficient (Wildman–Crippen LogP) is 3.67. The molecule has 1 aliphatic heterocycles. The molecule has 34 heavy (non-hydrogen) atoms. The zero-order chi connectivity index (χ0) is 23.6. The Morgan fingerprint density at radius 3 is 2.00 bits per heavy atom. The molecule has 4 aliphatic carbocycles. The fourth-order valence-corrected chi connectivity index (χ4v) is 6.08. The van der Waals surface area contributed by atoms with Gasteiger partial charge in [0.2, 0.25) is 11.8 Å². The Morgan fingerprint density at radius 2 is 1.44 bits per heavy atom. The average Bonchev–Trinajstić information content (AvgIpc) is 3.63. The Balaban J connectivity index is 1.16. The second-order valence-electron chi connectivity index (χ2n) is 9.47. The van der Waals surface area contributed by atoms with Crippen LogP contribution in [0.3, 0.4) is 0 Å². The molecular weight excluding hydrogens is 432 g/mol. The van der Waals surface area contributed by atoms with Crippen LogP contribution >= 0.6 is 0 Å². The van der Waals surface area contributed by atoms with Crippen LogP contribution in [0.5, 0.6) is 0 Å². The summed E-state index contributed by atoms with van der Waals surface area (Å²) < 4.78 is 4.96. The van der Waals surface area contributed by atoms with Gasteiger partial charge < -0.3 is 10.1 Å². The van der Waals surface area contributed by atoms with Crippen LogP contribution in [0.25, 0.3) is 0 Å². The summed E-state index contributed by atoms with van der Waals surface area (Å²) in [5, 5.41) is 2.79. The van der Waals surface area contributed by atoms with Crippen molar-refractivity contribution in [2.45, 2.75) is 13.3 Å². The van der Waals surface area contributed by atoms with Crippen LogP contribution in [0.4, 0.5) is 11.4 Å². The first-order chi connectivity index (χ1) is 16.5. The van der Waals surface area contributed by atoms with E-state index in [9.17, 15) is 19.2 Å². The Kier molecular flexibility index (Phi) is 4.69. The molecule has 6 atom stereocenters. The molecule has 1 heterocycles. The number of carbonyl (C=O) groups is 4. The van der Waals surface area contributed by atoms with E-state index in [-0.39, 0.29) is 41.4 Å². The van der Waals surface area contributed by atoms with Crippen LogP contribution in [0, 0.1) is 35.5 Å². The van der Waals surface area contributed by atoms with Crippen LogP contribution in [0.2, 0.25) is 0 Å². The standard InChI is InChI=1S/C27H24N2O5/c1-2-34-27(33)15-3-7-16(8-4-15)28-24(30)14-5-9-17(10-6-14)29-25(31)22-18-11-12-19(21-13-20(18)21)23(22)26(29)32/h3-12,18-23H,2,13H2,1H3,(H,28,30)/t18-,19-,20-,21-,22+,23+/m0/s1. The van der Waals surface area contributed by atoms with Gasteiger partial charge in [-0.05, 0) is 85.5 Å². The highest BCUT2D eigenvalue weighted by atomic mass is 16.5. The van der Waals surface area contributed by atoms with Gasteiger partial charge in [-0.2, -0.15) is 0 Å². The minimum absolute atomic E-state index is 0.112. The molecule has 0 spiro atoms. The lowest BCUT2D eigenvalue weighted by Gasteiger charge is -2.37. The monoisotopic (exact) mass is 456 g/mol. The van der Waals surface area contributed by atoms with Crippen molar-refractivity contribution in [3.8, 4) is 0 Å².